The lowest BCUT2D eigenvalue weighted by Crippen LogP contribution is -2.52. The van der Waals surface area contributed by atoms with Crippen molar-refractivity contribution in [1.82, 2.24) is 20.5 Å². The van der Waals surface area contributed by atoms with Crippen LogP contribution in [0.5, 0.6) is 0 Å². The minimum atomic E-state index is 0. The predicted octanol–water partition coefficient (Wildman–Crippen LogP) is 3.30. The highest BCUT2D eigenvalue weighted by Crippen LogP contribution is 2.20. The van der Waals surface area contributed by atoms with Crippen LogP contribution in [-0.4, -0.2) is 67.3 Å². The molecule has 7 heteroatoms. The first kappa shape index (κ1) is 24.0. The van der Waals surface area contributed by atoms with Gasteiger partial charge in [0.2, 0.25) is 0 Å². The summed E-state index contributed by atoms with van der Waals surface area (Å²) in [4.78, 5) is 10.7. The van der Waals surface area contributed by atoms with Gasteiger partial charge in [0, 0.05) is 48.8 Å². The van der Waals surface area contributed by atoms with Crippen molar-refractivity contribution < 1.29 is 4.74 Å². The second-order valence-electron chi connectivity index (χ2n) is 8.15. The number of halogens is 1. The standard InChI is InChI=1S/C22H35N5O.HI/c1-5-23-21(26-16-22(3,4)27-10-12-28-13-11-27)24-9-8-18-15-25-20-14-17(2)6-7-19(18)20;/h6-7,14-15,25H,5,8-13,16H2,1-4H3,(H2,23,24,26);1H. The number of morpholine rings is 1. The highest BCUT2D eigenvalue weighted by atomic mass is 127. The van der Waals surface area contributed by atoms with E-state index in [9.17, 15) is 0 Å². The van der Waals surface area contributed by atoms with Crippen molar-refractivity contribution in [2.75, 3.05) is 45.9 Å². The van der Waals surface area contributed by atoms with Crippen LogP contribution in [0, 0.1) is 6.92 Å². The first-order valence-electron chi connectivity index (χ1n) is 10.4. The van der Waals surface area contributed by atoms with Crippen LogP contribution in [0.15, 0.2) is 29.4 Å². The number of aromatic amines is 1. The van der Waals surface area contributed by atoms with E-state index in [-0.39, 0.29) is 29.5 Å². The monoisotopic (exact) mass is 513 g/mol. The van der Waals surface area contributed by atoms with Gasteiger partial charge in [0.1, 0.15) is 0 Å². The van der Waals surface area contributed by atoms with E-state index in [1.807, 2.05) is 0 Å². The number of benzene rings is 1. The molecule has 3 N–H and O–H groups in total. The van der Waals surface area contributed by atoms with Crippen molar-refractivity contribution in [2.45, 2.75) is 39.7 Å². The van der Waals surface area contributed by atoms with Crippen LogP contribution < -0.4 is 10.6 Å². The maximum Gasteiger partial charge on any atom is 0.191 e. The Morgan fingerprint density at radius 2 is 2.00 bits per heavy atom. The molecule has 0 radical (unpaired) electrons. The van der Waals surface area contributed by atoms with Crippen LogP contribution in [0.4, 0.5) is 0 Å². The molecule has 1 aromatic heterocycles. The minimum absolute atomic E-state index is 0. The fourth-order valence-electron chi connectivity index (χ4n) is 3.71. The summed E-state index contributed by atoms with van der Waals surface area (Å²) in [6, 6.07) is 6.58. The SMILES string of the molecule is CCNC(=NCC(C)(C)N1CCOCC1)NCCc1c[nH]c2cc(C)ccc12.I. The molecular weight excluding hydrogens is 477 g/mol. The third-order valence-electron chi connectivity index (χ3n) is 5.45. The van der Waals surface area contributed by atoms with Gasteiger partial charge in [-0.3, -0.25) is 9.89 Å². The maximum atomic E-state index is 5.48. The molecule has 1 saturated heterocycles. The molecular formula is C22H36IN5O. The summed E-state index contributed by atoms with van der Waals surface area (Å²) in [7, 11) is 0. The van der Waals surface area contributed by atoms with E-state index >= 15 is 0 Å². The van der Waals surface area contributed by atoms with Gasteiger partial charge in [0.15, 0.2) is 5.96 Å². The molecule has 6 nitrogen and oxygen atoms in total. The molecule has 0 bridgehead atoms. The Morgan fingerprint density at radius 3 is 2.72 bits per heavy atom. The molecule has 3 rings (SSSR count). The van der Waals surface area contributed by atoms with Gasteiger partial charge >= 0.3 is 0 Å². The average molecular weight is 513 g/mol. The number of rotatable bonds is 7. The van der Waals surface area contributed by atoms with Crippen molar-refractivity contribution in [2.24, 2.45) is 4.99 Å². The number of aliphatic imine (C=N–C) groups is 1. The molecule has 0 aliphatic carbocycles. The molecule has 1 aliphatic heterocycles. The molecule has 0 unspecified atom stereocenters. The molecule has 0 amide bonds. The van der Waals surface area contributed by atoms with E-state index < -0.39 is 0 Å². The van der Waals surface area contributed by atoms with Gasteiger partial charge in [-0.2, -0.15) is 0 Å². The molecule has 1 aromatic carbocycles. The van der Waals surface area contributed by atoms with Crippen molar-refractivity contribution in [1.29, 1.82) is 0 Å². The molecule has 0 saturated carbocycles. The number of aryl methyl sites for hydroxylation is 1. The Labute approximate surface area is 191 Å². The largest absolute Gasteiger partial charge is 0.379 e. The van der Waals surface area contributed by atoms with E-state index in [0.29, 0.717) is 0 Å². The third kappa shape index (κ3) is 6.58. The van der Waals surface area contributed by atoms with Crippen LogP contribution in [0.2, 0.25) is 0 Å². The van der Waals surface area contributed by atoms with Crippen molar-refractivity contribution in [3.63, 3.8) is 0 Å². The summed E-state index contributed by atoms with van der Waals surface area (Å²) < 4.78 is 5.48. The number of H-pyrrole nitrogens is 1. The molecule has 0 spiro atoms. The smallest absolute Gasteiger partial charge is 0.191 e. The summed E-state index contributed by atoms with van der Waals surface area (Å²) in [6.07, 6.45) is 3.08. The Hall–Kier alpha value is -1.32. The number of fused-ring (bicyclic) bond motifs is 1. The zero-order chi connectivity index (χ0) is 20.0. The number of ether oxygens (including phenoxy) is 1. The average Bonchev–Trinajstić information content (AvgIpc) is 3.09. The van der Waals surface area contributed by atoms with Crippen LogP contribution in [0.25, 0.3) is 10.9 Å². The molecule has 2 heterocycles. The zero-order valence-electron chi connectivity index (χ0n) is 18.2. The number of hydrogen-bond donors (Lipinski definition) is 3. The molecule has 1 aliphatic rings. The zero-order valence-corrected chi connectivity index (χ0v) is 20.5. The summed E-state index contributed by atoms with van der Waals surface area (Å²) in [5.41, 5.74) is 3.86. The molecule has 0 atom stereocenters. The van der Waals surface area contributed by atoms with Gasteiger partial charge in [-0.05, 0) is 51.3 Å². The maximum absolute atomic E-state index is 5.48. The van der Waals surface area contributed by atoms with Crippen molar-refractivity contribution in [3.8, 4) is 0 Å². The highest BCUT2D eigenvalue weighted by molar-refractivity contribution is 14.0. The van der Waals surface area contributed by atoms with Crippen LogP contribution in [0.1, 0.15) is 31.9 Å². The molecule has 162 valence electrons. The summed E-state index contributed by atoms with van der Waals surface area (Å²) >= 11 is 0. The Kier molecular flexibility index (Phi) is 9.23. The van der Waals surface area contributed by atoms with Gasteiger partial charge in [-0.15, -0.1) is 24.0 Å². The Bertz CT molecular complexity index is 796. The van der Waals surface area contributed by atoms with Crippen molar-refractivity contribution >= 4 is 40.8 Å². The third-order valence-corrected chi connectivity index (χ3v) is 5.45. The topological polar surface area (TPSA) is 64.7 Å². The lowest BCUT2D eigenvalue weighted by Gasteiger charge is -2.39. The van der Waals surface area contributed by atoms with Crippen molar-refractivity contribution in [3.05, 3.63) is 35.5 Å². The lowest BCUT2D eigenvalue weighted by atomic mass is 10.0. The van der Waals surface area contributed by atoms with E-state index in [1.165, 1.54) is 22.0 Å². The quantitative estimate of drug-likeness (QED) is 0.302. The Morgan fingerprint density at radius 1 is 1.24 bits per heavy atom. The van der Waals surface area contributed by atoms with E-state index in [1.54, 1.807) is 0 Å². The number of nitrogens with zero attached hydrogens (tertiary/aromatic N) is 2. The van der Waals surface area contributed by atoms with E-state index in [4.69, 9.17) is 9.73 Å². The predicted molar refractivity (Wildman–Crippen MR) is 133 cm³/mol. The fraction of sp³-hybridized carbons (Fsp3) is 0.591. The minimum Gasteiger partial charge on any atom is -0.379 e. The molecule has 29 heavy (non-hydrogen) atoms. The van der Waals surface area contributed by atoms with E-state index in [0.717, 1.165) is 58.3 Å². The van der Waals surface area contributed by atoms with Crippen LogP contribution in [0.3, 0.4) is 0 Å². The molecule has 2 aromatic rings. The van der Waals surface area contributed by atoms with Gasteiger partial charge in [0.25, 0.3) is 0 Å². The van der Waals surface area contributed by atoms with Gasteiger partial charge in [0.05, 0.1) is 19.8 Å². The van der Waals surface area contributed by atoms with Gasteiger partial charge in [-0.1, -0.05) is 12.1 Å². The summed E-state index contributed by atoms with van der Waals surface area (Å²) in [5, 5.41) is 8.17. The van der Waals surface area contributed by atoms with Crippen LogP contribution >= 0.6 is 24.0 Å². The number of nitrogens with one attached hydrogen (secondary N) is 3. The first-order valence-corrected chi connectivity index (χ1v) is 10.4. The fourth-order valence-corrected chi connectivity index (χ4v) is 3.71. The second kappa shape index (κ2) is 11.2. The van der Waals surface area contributed by atoms with Gasteiger partial charge in [-0.25, -0.2) is 0 Å². The highest BCUT2D eigenvalue weighted by Gasteiger charge is 2.28. The second-order valence-corrected chi connectivity index (χ2v) is 8.15. The first-order chi connectivity index (χ1) is 13.5. The molecule has 1 fully saturated rings. The summed E-state index contributed by atoms with van der Waals surface area (Å²) in [5.74, 6) is 0.888. The number of aromatic nitrogens is 1. The number of hydrogen-bond acceptors (Lipinski definition) is 3. The number of guanidine groups is 1. The van der Waals surface area contributed by atoms with E-state index in [2.05, 4.69) is 72.6 Å². The normalized spacial score (nSPS) is 15.9. The lowest BCUT2D eigenvalue weighted by molar-refractivity contribution is -0.00683. The van der Waals surface area contributed by atoms with Gasteiger partial charge < -0.3 is 20.4 Å². The summed E-state index contributed by atoms with van der Waals surface area (Å²) in [6.45, 7) is 14.8. The van der Waals surface area contributed by atoms with Crippen LogP contribution in [-0.2, 0) is 11.2 Å². The Balaban J connectivity index is 0.00000300.